The fourth-order valence-electron chi connectivity index (χ4n) is 2.85. The molecule has 1 aliphatic carbocycles. The predicted octanol–water partition coefficient (Wildman–Crippen LogP) is 0.520. The maximum atomic E-state index is 5.95. The average molecular weight is 241 g/mol. The van der Waals surface area contributed by atoms with Crippen LogP contribution in [-0.2, 0) is 4.74 Å². The number of rotatable bonds is 4. The van der Waals surface area contributed by atoms with E-state index in [9.17, 15) is 0 Å². The van der Waals surface area contributed by atoms with Crippen molar-refractivity contribution in [1.29, 1.82) is 0 Å². The number of nitrogens with zero attached hydrogens (tertiary/aromatic N) is 2. The van der Waals surface area contributed by atoms with Crippen molar-refractivity contribution < 1.29 is 4.74 Å². The SMILES string of the molecule is CN(CCN1CCOCC1)C1CCC(N)CC1. The van der Waals surface area contributed by atoms with Gasteiger partial charge in [0, 0.05) is 38.3 Å². The molecule has 0 bridgehead atoms. The summed E-state index contributed by atoms with van der Waals surface area (Å²) < 4.78 is 5.37. The molecule has 2 N–H and O–H groups in total. The maximum Gasteiger partial charge on any atom is 0.0594 e. The zero-order valence-corrected chi connectivity index (χ0v) is 11.1. The summed E-state index contributed by atoms with van der Waals surface area (Å²) >= 11 is 0. The maximum absolute atomic E-state index is 5.95. The smallest absolute Gasteiger partial charge is 0.0594 e. The van der Waals surface area contributed by atoms with Crippen LogP contribution in [0.1, 0.15) is 25.7 Å². The molecule has 0 aromatic rings. The van der Waals surface area contributed by atoms with Gasteiger partial charge in [0.05, 0.1) is 13.2 Å². The van der Waals surface area contributed by atoms with Gasteiger partial charge in [0.1, 0.15) is 0 Å². The third kappa shape index (κ3) is 4.21. The standard InChI is InChI=1S/C13H27N3O/c1-15(13-4-2-12(14)3-5-13)6-7-16-8-10-17-11-9-16/h12-13H,2-11,14H2,1H3. The van der Waals surface area contributed by atoms with Crippen molar-refractivity contribution in [3.63, 3.8) is 0 Å². The number of morpholine rings is 1. The van der Waals surface area contributed by atoms with Gasteiger partial charge in [0.2, 0.25) is 0 Å². The van der Waals surface area contributed by atoms with Crippen molar-refractivity contribution >= 4 is 0 Å². The van der Waals surface area contributed by atoms with Crippen LogP contribution in [0.3, 0.4) is 0 Å². The molecular formula is C13H27N3O. The Bertz CT molecular complexity index is 211. The third-order valence-electron chi connectivity index (χ3n) is 4.24. The van der Waals surface area contributed by atoms with Crippen molar-refractivity contribution in [1.82, 2.24) is 9.80 Å². The molecule has 0 aromatic carbocycles. The van der Waals surface area contributed by atoms with Gasteiger partial charge in [-0.15, -0.1) is 0 Å². The topological polar surface area (TPSA) is 41.7 Å². The normalized spacial score (nSPS) is 31.9. The van der Waals surface area contributed by atoms with Crippen LogP contribution in [0.25, 0.3) is 0 Å². The summed E-state index contributed by atoms with van der Waals surface area (Å²) in [6.45, 7) is 6.37. The second-order valence-electron chi connectivity index (χ2n) is 5.50. The Morgan fingerprint density at radius 1 is 1.18 bits per heavy atom. The van der Waals surface area contributed by atoms with E-state index in [2.05, 4.69) is 16.8 Å². The third-order valence-corrected chi connectivity index (χ3v) is 4.24. The Balaban J connectivity index is 1.64. The Morgan fingerprint density at radius 3 is 2.47 bits per heavy atom. The summed E-state index contributed by atoms with van der Waals surface area (Å²) in [5.41, 5.74) is 5.95. The van der Waals surface area contributed by atoms with Crippen LogP contribution in [0.15, 0.2) is 0 Å². The highest BCUT2D eigenvalue weighted by Gasteiger charge is 2.22. The molecule has 0 spiro atoms. The van der Waals surface area contributed by atoms with E-state index in [1.165, 1.54) is 38.8 Å². The number of ether oxygens (including phenoxy) is 1. The molecule has 4 heteroatoms. The Hall–Kier alpha value is -0.160. The van der Waals surface area contributed by atoms with Gasteiger partial charge >= 0.3 is 0 Å². The first kappa shape index (κ1) is 13.3. The summed E-state index contributed by atoms with van der Waals surface area (Å²) in [6, 6.07) is 1.22. The number of hydrogen-bond donors (Lipinski definition) is 1. The zero-order chi connectivity index (χ0) is 12.1. The molecule has 1 saturated heterocycles. The van der Waals surface area contributed by atoms with Crippen LogP contribution in [0.2, 0.25) is 0 Å². The lowest BCUT2D eigenvalue weighted by atomic mass is 9.91. The quantitative estimate of drug-likeness (QED) is 0.779. The molecule has 1 heterocycles. The van der Waals surface area contributed by atoms with Crippen LogP contribution in [0.5, 0.6) is 0 Å². The fraction of sp³-hybridized carbons (Fsp3) is 1.00. The van der Waals surface area contributed by atoms with Crippen molar-refractivity contribution in [3.05, 3.63) is 0 Å². The van der Waals surface area contributed by atoms with Gasteiger partial charge in [-0.25, -0.2) is 0 Å². The minimum Gasteiger partial charge on any atom is -0.379 e. The molecule has 0 amide bonds. The number of hydrogen-bond acceptors (Lipinski definition) is 4. The van der Waals surface area contributed by atoms with Crippen LogP contribution in [0.4, 0.5) is 0 Å². The number of nitrogens with two attached hydrogens (primary N) is 1. The summed E-state index contributed by atoms with van der Waals surface area (Å²) in [5.74, 6) is 0. The molecule has 0 unspecified atom stereocenters. The Kier molecular flexibility index (Phi) is 5.22. The van der Waals surface area contributed by atoms with Crippen molar-refractivity contribution in [3.8, 4) is 0 Å². The van der Waals surface area contributed by atoms with Gasteiger partial charge in [-0.3, -0.25) is 4.90 Å². The monoisotopic (exact) mass is 241 g/mol. The molecular weight excluding hydrogens is 214 g/mol. The van der Waals surface area contributed by atoms with E-state index in [4.69, 9.17) is 10.5 Å². The van der Waals surface area contributed by atoms with E-state index < -0.39 is 0 Å². The molecule has 1 saturated carbocycles. The van der Waals surface area contributed by atoms with Gasteiger partial charge < -0.3 is 15.4 Å². The highest BCUT2D eigenvalue weighted by Crippen LogP contribution is 2.20. The summed E-state index contributed by atoms with van der Waals surface area (Å²) in [7, 11) is 2.27. The second kappa shape index (κ2) is 6.69. The highest BCUT2D eigenvalue weighted by atomic mass is 16.5. The summed E-state index contributed by atoms with van der Waals surface area (Å²) in [5, 5.41) is 0. The molecule has 2 aliphatic rings. The van der Waals surface area contributed by atoms with Gasteiger partial charge in [-0.1, -0.05) is 0 Å². The Labute approximate surface area is 105 Å². The van der Waals surface area contributed by atoms with Gasteiger partial charge in [0.15, 0.2) is 0 Å². The van der Waals surface area contributed by atoms with Crippen LogP contribution in [0, 0.1) is 0 Å². The van der Waals surface area contributed by atoms with Gasteiger partial charge in [-0.05, 0) is 32.7 Å². The van der Waals surface area contributed by atoms with Gasteiger partial charge in [-0.2, -0.15) is 0 Å². The molecule has 1 aliphatic heterocycles. The first-order valence-corrected chi connectivity index (χ1v) is 7.01. The largest absolute Gasteiger partial charge is 0.379 e. The van der Waals surface area contributed by atoms with E-state index in [0.717, 1.165) is 32.3 Å². The predicted molar refractivity (Wildman–Crippen MR) is 70.1 cm³/mol. The van der Waals surface area contributed by atoms with Gasteiger partial charge in [0.25, 0.3) is 0 Å². The number of likely N-dealkylation sites (N-methyl/N-ethyl adjacent to an activating group) is 1. The van der Waals surface area contributed by atoms with Crippen molar-refractivity contribution in [2.24, 2.45) is 5.73 Å². The molecule has 0 atom stereocenters. The molecule has 17 heavy (non-hydrogen) atoms. The Morgan fingerprint density at radius 2 is 1.82 bits per heavy atom. The molecule has 100 valence electrons. The van der Waals surface area contributed by atoms with Crippen LogP contribution < -0.4 is 5.73 Å². The van der Waals surface area contributed by atoms with Crippen molar-refractivity contribution in [2.45, 2.75) is 37.8 Å². The molecule has 2 rings (SSSR count). The summed E-state index contributed by atoms with van der Waals surface area (Å²) in [4.78, 5) is 5.04. The minimum atomic E-state index is 0.457. The lowest BCUT2D eigenvalue weighted by molar-refractivity contribution is 0.0314. The highest BCUT2D eigenvalue weighted by molar-refractivity contribution is 4.80. The second-order valence-corrected chi connectivity index (χ2v) is 5.50. The van der Waals surface area contributed by atoms with Crippen LogP contribution in [-0.4, -0.2) is 68.3 Å². The van der Waals surface area contributed by atoms with E-state index >= 15 is 0 Å². The lowest BCUT2D eigenvalue weighted by Crippen LogP contribution is -2.44. The first-order valence-electron chi connectivity index (χ1n) is 7.01. The molecule has 0 aromatic heterocycles. The van der Waals surface area contributed by atoms with E-state index in [-0.39, 0.29) is 0 Å². The van der Waals surface area contributed by atoms with E-state index in [1.54, 1.807) is 0 Å². The van der Waals surface area contributed by atoms with Crippen LogP contribution >= 0.6 is 0 Å². The molecule has 2 fully saturated rings. The van der Waals surface area contributed by atoms with E-state index in [0.29, 0.717) is 6.04 Å². The minimum absolute atomic E-state index is 0.457. The zero-order valence-electron chi connectivity index (χ0n) is 11.1. The molecule has 4 nitrogen and oxygen atoms in total. The first-order chi connectivity index (χ1) is 8.25. The van der Waals surface area contributed by atoms with E-state index in [1.807, 2.05) is 0 Å². The lowest BCUT2D eigenvalue weighted by Gasteiger charge is -2.35. The summed E-state index contributed by atoms with van der Waals surface area (Å²) in [6.07, 6.45) is 4.96. The fourth-order valence-corrected chi connectivity index (χ4v) is 2.85. The molecule has 0 radical (unpaired) electrons. The average Bonchev–Trinajstić information content (AvgIpc) is 2.38. The van der Waals surface area contributed by atoms with Crippen molar-refractivity contribution in [2.75, 3.05) is 46.4 Å².